The minimum Gasteiger partial charge on any atom is -0.496 e. The second-order valence-electron chi connectivity index (χ2n) is 5.06. The van der Waals surface area contributed by atoms with Crippen molar-refractivity contribution in [1.82, 2.24) is 5.32 Å². The third-order valence-corrected chi connectivity index (χ3v) is 4.73. The van der Waals surface area contributed by atoms with Gasteiger partial charge < -0.3 is 10.1 Å². The minimum absolute atomic E-state index is 0.101. The Bertz CT molecular complexity index is 451. The normalized spacial score (nSPS) is 12.3. The summed E-state index contributed by atoms with van der Waals surface area (Å²) in [5, 5.41) is 3.01. The lowest BCUT2D eigenvalue weighted by atomic mass is 10.1. The minimum atomic E-state index is 0.101. The lowest BCUT2D eigenvalue weighted by molar-refractivity contribution is -0.119. The van der Waals surface area contributed by atoms with Crippen molar-refractivity contribution in [3.8, 4) is 5.75 Å². The van der Waals surface area contributed by atoms with Gasteiger partial charge in [0.05, 0.1) is 17.3 Å². The van der Waals surface area contributed by atoms with Crippen LogP contribution >= 0.6 is 27.7 Å². The molecule has 0 aliphatic rings. The van der Waals surface area contributed by atoms with Gasteiger partial charge >= 0.3 is 0 Å². The SMILES string of the molecule is COc1ccc(CSCC(=O)N[C@H](C)C(C)C)cc1Br. The molecule has 1 aromatic rings. The molecule has 0 aliphatic carbocycles. The van der Waals surface area contributed by atoms with E-state index in [9.17, 15) is 4.79 Å². The number of carbonyl (C=O) groups is 1. The van der Waals surface area contributed by atoms with Gasteiger partial charge in [-0.15, -0.1) is 11.8 Å². The molecule has 20 heavy (non-hydrogen) atoms. The van der Waals surface area contributed by atoms with Gasteiger partial charge in [0.2, 0.25) is 5.91 Å². The van der Waals surface area contributed by atoms with Crippen molar-refractivity contribution in [1.29, 1.82) is 0 Å². The first-order valence-electron chi connectivity index (χ1n) is 6.63. The number of halogens is 1. The Balaban J connectivity index is 2.37. The summed E-state index contributed by atoms with van der Waals surface area (Å²) >= 11 is 5.08. The van der Waals surface area contributed by atoms with Gasteiger partial charge in [0.15, 0.2) is 0 Å². The Labute approximate surface area is 134 Å². The van der Waals surface area contributed by atoms with E-state index in [1.165, 1.54) is 5.56 Å². The second-order valence-corrected chi connectivity index (χ2v) is 6.90. The number of thioether (sulfide) groups is 1. The molecule has 0 fully saturated rings. The summed E-state index contributed by atoms with van der Waals surface area (Å²) in [4.78, 5) is 11.8. The number of carbonyl (C=O) groups excluding carboxylic acids is 1. The molecule has 0 heterocycles. The van der Waals surface area contributed by atoms with E-state index in [2.05, 4.69) is 35.1 Å². The summed E-state index contributed by atoms with van der Waals surface area (Å²) in [6, 6.07) is 6.20. The molecule has 1 N–H and O–H groups in total. The summed E-state index contributed by atoms with van der Waals surface area (Å²) in [6.45, 7) is 6.24. The molecular weight excluding hydrogens is 338 g/mol. The van der Waals surface area contributed by atoms with E-state index >= 15 is 0 Å². The molecule has 0 bridgehead atoms. The largest absolute Gasteiger partial charge is 0.496 e. The Morgan fingerprint density at radius 2 is 2.10 bits per heavy atom. The third kappa shape index (κ3) is 5.75. The summed E-state index contributed by atoms with van der Waals surface area (Å²) in [5.41, 5.74) is 1.17. The van der Waals surface area contributed by atoms with Crippen molar-refractivity contribution in [3.05, 3.63) is 28.2 Å². The molecule has 0 unspecified atom stereocenters. The quantitative estimate of drug-likeness (QED) is 0.803. The highest BCUT2D eigenvalue weighted by atomic mass is 79.9. The van der Waals surface area contributed by atoms with E-state index in [4.69, 9.17) is 4.74 Å². The molecule has 1 amide bonds. The molecule has 1 aromatic carbocycles. The van der Waals surface area contributed by atoms with Crippen molar-refractivity contribution in [2.75, 3.05) is 12.9 Å². The lowest BCUT2D eigenvalue weighted by Crippen LogP contribution is -2.37. The maximum atomic E-state index is 11.8. The van der Waals surface area contributed by atoms with Gasteiger partial charge in [-0.05, 0) is 46.5 Å². The van der Waals surface area contributed by atoms with Gasteiger partial charge in [-0.2, -0.15) is 0 Å². The Kier molecular flexibility index (Phi) is 7.45. The zero-order valence-electron chi connectivity index (χ0n) is 12.4. The number of ether oxygens (including phenoxy) is 1. The van der Waals surface area contributed by atoms with Gasteiger partial charge in [-0.3, -0.25) is 4.79 Å². The average molecular weight is 360 g/mol. The molecule has 0 saturated carbocycles. The molecule has 0 radical (unpaired) electrons. The van der Waals surface area contributed by atoms with Crippen molar-refractivity contribution < 1.29 is 9.53 Å². The van der Waals surface area contributed by atoms with Gasteiger partial charge in [-0.1, -0.05) is 19.9 Å². The van der Waals surface area contributed by atoms with E-state index < -0.39 is 0 Å². The standard InChI is InChI=1S/C15H22BrNO2S/c1-10(2)11(3)17-15(18)9-20-8-12-5-6-14(19-4)13(16)7-12/h5-7,10-11H,8-9H2,1-4H3,(H,17,18)/t11-/m1/s1. The molecule has 0 spiro atoms. The van der Waals surface area contributed by atoms with Crippen LogP contribution in [0.15, 0.2) is 22.7 Å². The number of amides is 1. The maximum Gasteiger partial charge on any atom is 0.230 e. The van der Waals surface area contributed by atoms with Crippen LogP contribution in [0.3, 0.4) is 0 Å². The fourth-order valence-corrected chi connectivity index (χ4v) is 2.90. The van der Waals surface area contributed by atoms with Crippen LogP contribution in [0.4, 0.5) is 0 Å². The van der Waals surface area contributed by atoms with E-state index in [0.29, 0.717) is 11.7 Å². The molecule has 0 saturated heterocycles. The van der Waals surface area contributed by atoms with Crippen LogP contribution in [-0.2, 0) is 10.5 Å². The first-order chi connectivity index (χ1) is 9.43. The van der Waals surface area contributed by atoms with Crippen molar-refractivity contribution in [2.45, 2.75) is 32.6 Å². The van der Waals surface area contributed by atoms with E-state index in [1.807, 2.05) is 25.1 Å². The van der Waals surface area contributed by atoms with Gasteiger partial charge in [0.1, 0.15) is 5.75 Å². The lowest BCUT2D eigenvalue weighted by Gasteiger charge is -2.17. The summed E-state index contributed by atoms with van der Waals surface area (Å²) < 4.78 is 6.13. The van der Waals surface area contributed by atoms with Crippen molar-refractivity contribution in [2.24, 2.45) is 5.92 Å². The molecule has 1 atom stereocenters. The second kappa shape index (κ2) is 8.57. The third-order valence-electron chi connectivity index (χ3n) is 3.11. The van der Waals surface area contributed by atoms with Crippen LogP contribution in [-0.4, -0.2) is 24.8 Å². The monoisotopic (exact) mass is 359 g/mol. The van der Waals surface area contributed by atoms with Crippen LogP contribution < -0.4 is 10.1 Å². The molecule has 0 aliphatic heterocycles. The van der Waals surface area contributed by atoms with Crippen LogP contribution in [0, 0.1) is 5.92 Å². The number of rotatable bonds is 7. The Morgan fingerprint density at radius 3 is 2.65 bits per heavy atom. The number of benzene rings is 1. The van der Waals surface area contributed by atoms with E-state index in [0.717, 1.165) is 16.0 Å². The Morgan fingerprint density at radius 1 is 1.40 bits per heavy atom. The van der Waals surface area contributed by atoms with E-state index in [1.54, 1.807) is 18.9 Å². The molecule has 112 valence electrons. The smallest absolute Gasteiger partial charge is 0.230 e. The van der Waals surface area contributed by atoms with E-state index in [-0.39, 0.29) is 11.9 Å². The van der Waals surface area contributed by atoms with Crippen LogP contribution in [0.1, 0.15) is 26.3 Å². The fraction of sp³-hybridized carbons (Fsp3) is 0.533. The zero-order valence-corrected chi connectivity index (χ0v) is 14.8. The first kappa shape index (κ1) is 17.4. The fourth-order valence-electron chi connectivity index (χ4n) is 1.52. The first-order valence-corrected chi connectivity index (χ1v) is 8.58. The summed E-state index contributed by atoms with van der Waals surface area (Å²) in [5.74, 6) is 2.68. The zero-order chi connectivity index (χ0) is 15.1. The number of hydrogen-bond acceptors (Lipinski definition) is 3. The summed E-state index contributed by atoms with van der Waals surface area (Å²) in [6.07, 6.45) is 0. The number of hydrogen-bond donors (Lipinski definition) is 1. The predicted octanol–water partition coefficient (Wildman–Crippen LogP) is 3.85. The predicted molar refractivity (Wildman–Crippen MR) is 89.3 cm³/mol. The van der Waals surface area contributed by atoms with Crippen LogP contribution in [0.25, 0.3) is 0 Å². The topological polar surface area (TPSA) is 38.3 Å². The Hall–Kier alpha value is -0.680. The van der Waals surface area contributed by atoms with Crippen LogP contribution in [0.2, 0.25) is 0 Å². The highest BCUT2D eigenvalue weighted by molar-refractivity contribution is 9.10. The highest BCUT2D eigenvalue weighted by Crippen LogP contribution is 2.27. The van der Waals surface area contributed by atoms with Crippen molar-refractivity contribution in [3.63, 3.8) is 0 Å². The van der Waals surface area contributed by atoms with Gasteiger partial charge in [0, 0.05) is 11.8 Å². The molecular formula is C15H22BrNO2S. The molecule has 1 rings (SSSR count). The highest BCUT2D eigenvalue weighted by Gasteiger charge is 2.10. The molecule has 3 nitrogen and oxygen atoms in total. The van der Waals surface area contributed by atoms with Crippen molar-refractivity contribution >= 4 is 33.6 Å². The van der Waals surface area contributed by atoms with Gasteiger partial charge in [0.25, 0.3) is 0 Å². The van der Waals surface area contributed by atoms with Gasteiger partial charge in [-0.25, -0.2) is 0 Å². The number of nitrogens with one attached hydrogen (secondary N) is 1. The number of methoxy groups -OCH3 is 1. The average Bonchev–Trinajstić information content (AvgIpc) is 2.38. The van der Waals surface area contributed by atoms with Crippen LogP contribution in [0.5, 0.6) is 5.75 Å². The maximum absolute atomic E-state index is 11.8. The summed E-state index contributed by atoms with van der Waals surface area (Å²) in [7, 11) is 1.65. The molecule has 0 aromatic heterocycles. The molecule has 5 heteroatoms.